The number of hydrogen-bond acceptors (Lipinski definition) is 4. The summed E-state index contributed by atoms with van der Waals surface area (Å²) in [6.07, 6.45) is 17.4. The Balaban J connectivity index is 1.35. The van der Waals surface area contributed by atoms with Crippen molar-refractivity contribution in [3.05, 3.63) is 53.6 Å². The van der Waals surface area contributed by atoms with Crippen LogP contribution in [0.15, 0.2) is 42.5 Å². The summed E-state index contributed by atoms with van der Waals surface area (Å²) in [5.74, 6) is 1.24. The second kappa shape index (κ2) is 14.8. The molecule has 1 aliphatic heterocycles. The molecule has 2 N–H and O–H groups in total. The average Bonchev–Trinajstić information content (AvgIpc) is 2.86. The van der Waals surface area contributed by atoms with E-state index in [0.29, 0.717) is 0 Å². The molecule has 192 valence electrons. The minimum Gasteiger partial charge on any atom is -0.508 e. The highest BCUT2D eigenvalue weighted by Gasteiger charge is 2.24. The Kier molecular flexibility index (Phi) is 11.5. The Morgan fingerprint density at radius 3 is 2.03 bits per heavy atom. The van der Waals surface area contributed by atoms with Crippen LogP contribution in [0.3, 0.4) is 0 Å². The van der Waals surface area contributed by atoms with Crippen LogP contribution in [-0.4, -0.2) is 41.4 Å². The molecule has 35 heavy (non-hydrogen) atoms. The third kappa shape index (κ3) is 9.25. The van der Waals surface area contributed by atoms with Gasteiger partial charge in [0.15, 0.2) is 0 Å². The molecular formula is C31H45NO3. The van der Waals surface area contributed by atoms with Crippen LogP contribution in [0.5, 0.6) is 17.2 Å². The molecule has 1 aliphatic rings. The lowest BCUT2D eigenvalue weighted by Gasteiger charge is -2.28. The lowest BCUT2D eigenvalue weighted by atomic mass is 9.91. The maximum absolute atomic E-state index is 9.88. The van der Waals surface area contributed by atoms with Crippen molar-refractivity contribution in [2.45, 2.75) is 90.1 Å². The number of phenols is 2. The molecule has 1 heterocycles. The van der Waals surface area contributed by atoms with Crippen LogP contribution < -0.4 is 4.74 Å². The van der Waals surface area contributed by atoms with Gasteiger partial charge >= 0.3 is 0 Å². The van der Waals surface area contributed by atoms with E-state index in [2.05, 4.69) is 24.9 Å². The number of ether oxygens (including phenoxy) is 1. The Labute approximate surface area is 212 Å². The highest BCUT2D eigenvalue weighted by atomic mass is 16.5. The molecule has 0 spiro atoms. The van der Waals surface area contributed by atoms with Crippen molar-refractivity contribution in [1.29, 1.82) is 0 Å². The molecule has 1 atom stereocenters. The summed E-state index contributed by atoms with van der Waals surface area (Å²) in [5.41, 5.74) is 3.20. The normalized spacial score (nSPS) is 15.1. The Bertz CT molecular complexity index is 906. The van der Waals surface area contributed by atoms with Crippen molar-refractivity contribution in [3.63, 3.8) is 0 Å². The van der Waals surface area contributed by atoms with Gasteiger partial charge in [0.1, 0.15) is 23.4 Å². The van der Waals surface area contributed by atoms with Crippen LogP contribution in [0.25, 0.3) is 11.6 Å². The second-order valence-electron chi connectivity index (χ2n) is 10.1. The van der Waals surface area contributed by atoms with Crippen LogP contribution in [0, 0.1) is 0 Å². The number of nitrogens with zero attached hydrogens (tertiary/aromatic N) is 1. The molecule has 1 unspecified atom stereocenters. The van der Waals surface area contributed by atoms with Crippen LogP contribution in [0.2, 0.25) is 0 Å². The second-order valence-corrected chi connectivity index (χ2v) is 10.1. The molecule has 0 saturated carbocycles. The summed E-state index contributed by atoms with van der Waals surface area (Å²) in [7, 11) is 2.25. The van der Waals surface area contributed by atoms with Crippen molar-refractivity contribution in [3.8, 4) is 17.2 Å². The fourth-order valence-corrected chi connectivity index (χ4v) is 4.85. The minimum absolute atomic E-state index is 0.0377. The predicted octanol–water partition coefficient (Wildman–Crippen LogP) is 8.03. The van der Waals surface area contributed by atoms with Gasteiger partial charge in [0, 0.05) is 17.2 Å². The van der Waals surface area contributed by atoms with Crippen LogP contribution in [0.4, 0.5) is 0 Å². The number of phenolic OH excluding ortho intramolecular Hbond substituents is 2. The summed E-state index contributed by atoms with van der Waals surface area (Å²) >= 11 is 0. The first kappa shape index (κ1) is 27.1. The van der Waals surface area contributed by atoms with E-state index in [1.165, 1.54) is 77.3 Å². The number of benzene rings is 2. The van der Waals surface area contributed by atoms with E-state index < -0.39 is 0 Å². The van der Waals surface area contributed by atoms with Gasteiger partial charge in [-0.1, -0.05) is 70.4 Å². The predicted molar refractivity (Wildman–Crippen MR) is 147 cm³/mol. The Hall–Kier alpha value is -2.46. The van der Waals surface area contributed by atoms with Gasteiger partial charge in [-0.15, -0.1) is 0 Å². The first-order chi connectivity index (χ1) is 17.1. The topological polar surface area (TPSA) is 52.9 Å². The standard InChI is InChI=1S/C31H45NO3/c1-3-4-21-32(2)22-13-11-9-7-5-6-8-10-12-14-30-29(25-15-18-27(33)19-16-25)23-26-17-20-28(34)24-31(26)35-30/h15-20,23-24,30,33-34H,3-14,21-22H2,1-2H3. The molecule has 0 amide bonds. The first-order valence-corrected chi connectivity index (χ1v) is 13.8. The highest BCUT2D eigenvalue weighted by molar-refractivity contribution is 5.87. The van der Waals surface area contributed by atoms with E-state index in [9.17, 15) is 10.2 Å². The summed E-state index contributed by atoms with van der Waals surface area (Å²) < 4.78 is 6.34. The van der Waals surface area contributed by atoms with Gasteiger partial charge < -0.3 is 19.8 Å². The van der Waals surface area contributed by atoms with Crippen molar-refractivity contribution in [2.24, 2.45) is 0 Å². The fraction of sp³-hybridized carbons (Fsp3) is 0.548. The van der Waals surface area contributed by atoms with Crippen LogP contribution >= 0.6 is 0 Å². The Morgan fingerprint density at radius 1 is 0.743 bits per heavy atom. The molecule has 0 saturated heterocycles. The van der Waals surface area contributed by atoms with Gasteiger partial charge in [-0.2, -0.15) is 0 Å². The van der Waals surface area contributed by atoms with E-state index in [1.807, 2.05) is 18.2 Å². The van der Waals surface area contributed by atoms with Gasteiger partial charge in [-0.3, -0.25) is 0 Å². The van der Waals surface area contributed by atoms with Crippen molar-refractivity contribution < 1.29 is 14.9 Å². The van der Waals surface area contributed by atoms with Crippen LogP contribution in [0.1, 0.15) is 95.1 Å². The van der Waals surface area contributed by atoms with Gasteiger partial charge in [0.2, 0.25) is 0 Å². The van der Waals surface area contributed by atoms with E-state index in [0.717, 1.165) is 35.3 Å². The lowest BCUT2D eigenvalue weighted by Crippen LogP contribution is -2.22. The number of unbranched alkanes of at least 4 members (excludes halogenated alkanes) is 9. The molecule has 2 aromatic carbocycles. The largest absolute Gasteiger partial charge is 0.508 e. The van der Waals surface area contributed by atoms with E-state index in [4.69, 9.17) is 4.74 Å². The number of fused-ring (bicyclic) bond motifs is 1. The van der Waals surface area contributed by atoms with Crippen molar-refractivity contribution in [1.82, 2.24) is 4.90 Å². The summed E-state index contributed by atoms with van der Waals surface area (Å²) in [6, 6.07) is 12.6. The van der Waals surface area contributed by atoms with Crippen molar-refractivity contribution in [2.75, 3.05) is 20.1 Å². The zero-order chi connectivity index (χ0) is 24.9. The molecule has 4 nitrogen and oxygen atoms in total. The average molecular weight is 480 g/mol. The summed E-state index contributed by atoms with van der Waals surface area (Å²) in [4.78, 5) is 2.48. The maximum atomic E-state index is 9.88. The number of aromatic hydroxyl groups is 2. The lowest BCUT2D eigenvalue weighted by molar-refractivity contribution is 0.238. The van der Waals surface area contributed by atoms with Gasteiger partial charge in [-0.25, -0.2) is 0 Å². The molecule has 0 aliphatic carbocycles. The number of rotatable bonds is 16. The van der Waals surface area contributed by atoms with Gasteiger partial charge in [0.25, 0.3) is 0 Å². The molecule has 0 bridgehead atoms. The summed E-state index contributed by atoms with van der Waals surface area (Å²) in [6.45, 7) is 4.74. The zero-order valence-electron chi connectivity index (χ0n) is 21.8. The zero-order valence-corrected chi connectivity index (χ0v) is 21.8. The smallest absolute Gasteiger partial charge is 0.131 e. The molecular weight excluding hydrogens is 434 g/mol. The molecule has 3 rings (SSSR count). The molecule has 2 aromatic rings. The molecule has 4 heteroatoms. The van der Waals surface area contributed by atoms with E-state index >= 15 is 0 Å². The molecule has 0 fully saturated rings. The van der Waals surface area contributed by atoms with Crippen molar-refractivity contribution >= 4 is 11.6 Å². The Morgan fingerprint density at radius 2 is 1.34 bits per heavy atom. The third-order valence-electron chi connectivity index (χ3n) is 7.02. The maximum Gasteiger partial charge on any atom is 0.131 e. The quantitative estimate of drug-likeness (QED) is 0.239. The van der Waals surface area contributed by atoms with E-state index in [-0.39, 0.29) is 17.6 Å². The van der Waals surface area contributed by atoms with Gasteiger partial charge in [0.05, 0.1) is 0 Å². The first-order valence-electron chi connectivity index (χ1n) is 13.8. The monoisotopic (exact) mass is 479 g/mol. The SMILES string of the molecule is CCCCN(C)CCCCCCCCCCCC1Oc2cc(O)ccc2C=C1c1ccc(O)cc1. The molecule has 0 aromatic heterocycles. The molecule has 0 radical (unpaired) electrons. The summed E-state index contributed by atoms with van der Waals surface area (Å²) in [5, 5.41) is 19.6. The minimum atomic E-state index is -0.0377. The third-order valence-corrected chi connectivity index (χ3v) is 7.02. The van der Waals surface area contributed by atoms with Gasteiger partial charge in [-0.05, 0) is 81.7 Å². The number of hydrogen-bond donors (Lipinski definition) is 2. The van der Waals surface area contributed by atoms with E-state index in [1.54, 1.807) is 24.3 Å². The fourth-order valence-electron chi connectivity index (χ4n) is 4.85. The van der Waals surface area contributed by atoms with Crippen LogP contribution in [-0.2, 0) is 0 Å². The highest BCUT2D eigenvalue weighted by Crippen LogP contribution is 2.38.